The quantitative estimate of drug-likeness (QED) is 0.740. The second-order valence-corrected chi connectivity index (χ2v) is 3.80. The van der Waals surface area contributed by atoms with E-state index in [4.69, 9.17) is 9.47 Å². The molecule has 3 heteroatoms. The Morgan fingerprint density at radius 3 is 3.00 bits per heavy atom. The van der Waals surface area contributed by atoms with Crippen molar-refractivity contribution in [2.45, 2.75) is 13.3 Å². The van der Waals surface area contributed by atoms with Crippen molar-refractivity contribution < 1.29 is 14.3 Å². The molecule has 0 saturated carbocycles. The third kappa shape index (κ3) is 1.96. The average Bonchev–Trinajstić information content (AvgIpc) is 2.27. The minimum absolute atomic E-state index is 0.00546. The van der Waals surface area contributed by atoms with Crippen LogP contribution < -0.4 is 9.47 Å². The van der Waals surface area contributed by atoms with Crippen molar-refractivity contribution in [1.29, 1.82) is 0 Å². The summed E-state index contributed by atoms with van der Waals surface area (Å²) < 4.78 is 10.6. The standard InChI is InChI=1S/C12H14O3/c1-8(13)10-5-9-3-4-11(14-2)6-12(9)15-7-10/h3-4,6,10H,5,7H2,1-2H3. The summed E-state index contributed by atoms with van der Waals surface area (Å²) in [4.78, 5) is 11.2. The Bertz CT molecular complexity index is 384. The fourth-order valence-electron chi connectivity index (χ4n) is 1.74. The van der Waals surface area contributed by atoms with Crippen LogP contribution in [0, 0.1) is 5.92 Å². The smallest absolute Gasteiger partial charge is 0.136 e. The summed E-state index contributed by atoms with van der Waals surface area (Å²) in [6, 6.07) is 5.72. The summed E-state index contributed by atoms with van der Waals surface area (Å²) in [5.74, 6) is 1.82. The minimum Gasteiger partial charge on any atom is -0.497 e. The Kier molecular flexibility index (Phi) is 2.62. The molecule has 80 valence electrons. The summed E-state index contributed by atoms with van der Waals surface area (Å²) in [7, 11) is 1.63. The van der Waals surface area contributed by atoms with Crippen molar-refractivity contribution in [1.82, 2.24) is 0 Å². The minimum atomic E-state index is 0.00546. The van der Waals surface area contributed by atoms with Gasteiger partial charge in [-0.1, -0.05) is 6.07 Å². The summed E-state index contributed by atoms with van der Waals surface area (Å²) in [6.45, 7) is 2.10. The number of hydrogen-bond acceptors (Lipinski definition) is 3. The van der Waals surface area contributed by atoms with Gasteiger partial charge in [-0.2, -0.15) is 0 Å². The van der Waals surface area contributed by atoms with E-state index in [9.17, 15) is 4.79 Å². The zero-order valence-corrected chi connectivity index (χ0v) is 8.95. The Balaban J connectivity index is 2.24. The van der Waals surface area contributed by atoms with Crippen molar-refractivity contribution >= 4 is 5.78 Å². The van der Waals surface area contributed by atoms with Crippen LogP contribution in [0.2, 0.25) is 0 Å². The summed E-state index contributed by atoms with van der Waals surface area (Å²) >= 11 is 0. The van der Waals surface area contributed by atoms with Gasteiger partial charge in [-0.25, -0.2) is 0 Å². The van der Waals surface area contributed by atoms with E-state index in [2.05, 4.69) is 0 Å². The van der Waals surface area contributed by atoms with Crippen LogP contribution in [-0.4, -0.2) is 19.5 Å². The van der Waals surface area contributed by atoms with Gasteiger partial charge in [-0.05, 0) is 25.0 Å². The number of hydrogen-bond donors (Lipinski definition) is 0. The highest BCUT2D eigenvalue weighted by Crippen LogP contribution is 2.31. The highest BCUT2D eigenvalue weighted by molar-refractivity contribution is 5.79. The van der Waals surface area contributed by atoms with Crippen LogP contribution in [0.3, 0.4) is 0 Å². The maximum Gasteiger partial charge on any atom is 0.136 e. The average molecular weight is 206 g/mol. The van der Waals surface area contributed by atoms with E-state index in [-0.39, 0.29) is 11.7 Å². The van der Waals surface area contributed by atoms with Crippen LogP contribution in [0.1, 0.15) is 12.5 Å². The van der Waals surface area contributed by atoms with Crippen molar-refractivity contribution in [2.75, 3.05) is 13.7 Å². The molecular formula is C12H14O3. The number of rotatable bonds is 2. The Morgan fingerprint density at radius 1 is 1.53 bits per heavy atom. The first kappa shape index (κ1) is 10.0. The monoisotopic (exact) mass is 206 g/mol. The number of carbonyl (C=O) groups is 1. The van der Waals surface area contributed by atoms with Gasteiger partial charge in [0.05, 0.1) is 19.6 Å². The van der Waals surface area contributed by atoms with E-state index in [1.54, 1.807) is 14.0 Å². The molecule has 2 rings (SSSR count). The maximum absolute atomic E-state index is 11.2. The van der Waals surface area contributed by atoms with Gasteiger partial charge in [-0.3, -0.25) is 4.79 Å². The zero-order chi connectivity index (χ0) is 10.8. The van der Waals surface area contributed by atoms with Gasteiger partial charge in [0.2, 0.25) is 0 Å². The molecule has 1 aliphatic rings. The molecule has 1 atom stereocenters. The van der Waals surface area contributed by atoms with Gasteiger partial charge in [0.1, 0.15) is 17.3 Å². The van der Waals surface area contributed by atoms with Gasteiger partial charge in [-0.15, -0.1) is 0 Å². The van der Waals surface area contributed by atoms with Crippen LogP contribution >= 0.6 is 0 Å². The van der Waals surface area contributed by atoms with Crippen molar-refractivity contribution in [3.8, 4) is 11.5 Å². The molecule has 1 heterocycles. The lowest BCUT2D eigenvalue weighted by atomic mass is 9.94. The normalized spacial score (nSPS) is 18.9. The number of ether oxygens (including phenoxy) is 2. The van der Waals surface area contributed by atoms with E-state index < -0.39 is 0 Å². The molecule has 1 unspecified atom stereocenters. The fourth-order valence-corrected chi connectivity index (χ4v) is 1.74. The van der Waals surface area contributed by atoms with E-state index in [0.717, 1.165) is 23.5 Å². The molecule has 0 saturated heterocycles. The Hall–Kier alpha value is -1.51. The lowest BCUT2D eigenvalue weighted by Crippen LogP contribution is -2.26. The van der Waals surface area contributed by atoms with Crippen LogP contribution in [0.25, 0.3) is 0 Å². The summed E-state index contributed by atoms with van der Waals surface area (Å²) in [6.07, 6.45) is 0.772. The number of carbonyl (C=O) groups excluding carboxylic acids is 1. The molecule has 1 aromatic carbocycles. The van der Waals surface area contributed by atoms with E-state index >= 15 is 0 Å². The molecule has 0 bridgehead atoms. The highest BCUT2D eigenvalue weighted by atomic mass is 16.5. The molecular weight excluding hydrogens is 192 g/mol. The van der Waals surface area contributed by atoms with Crippen LogP contribution in [0.5, 0.6) is 11.5 Å². The van der Waals surface area contributed by atoms with Crippen molar-refractivity contribution in [2.24, 2.45) is 5.92 Å². The zero-order valence-electron chi connectivity index (χ0n) is 8.95. The number of benzene rings is 1. The van der Waals surface area contributed by atoms with Crippen molar-refractivity contribution in [3.63, 3.8) is 0 Å². The third-order valence-electron chi connectivity index (χ3n) is 2.76. The third-order valence-corrected chi connectivity index (χ3v) is 2.76. The molecule has 3 nitrogen and oxygen atoms in total. The van der Waals surface area contributed by atoms with Crippen LogP contribution in [0.15, 0.2) is 18.2 Å². The number of methoxy groups -OCH3 is 1. The molecule has 1 aliphatic heterocycles. The Labute approximate surface area is 89.0 Å². The Morgan fingerprint density at radius 2 is 2.33 bits per heavy atom. The fraction of sp³-hybridized carbons (Fsp3) is 0.417. The molecule has 0 amide bonds. The second-order valence-electron chi connectivity index (χ2n) is 3.80. The first-order valence-corrected chi connectivity index (χ1v) is 5.01. The number of ketones is 1. The lowest BCUT2D eigenvalue weighted by Gasteiger charge is -2.23. The van der Waals surface area contributed by atoms with E-state index in [1.165, 1.54) is 0 Å². The number of Topliss-reactive ketones (excluding diaryl/α,β-unsaturated/α-hetero) is 1. The predicted octanol–water partition coefficient (Wildman–Crippen LogP) is 1.84. The van der Waals surface area contributed by atoms with E-state index in [1.807, 2.05) is 18.2 Å². The number of fused-ring (bicyclic) bond motifs is 1. The highest BCUT2D eigenvalue weighted by Gasteiger charge is 2.23. The van der Waals surface area contributed by atoms with Crippen LogP contribution in [0.4, 0.5) is 0 Å². The molecule has 0 aliphatic carbocycles. The summed E-state index contributed by atoms with van der Waals surface area (Å²) in [5, 5.41) is 0. The molecule has 15 heavy (non-hydrogen) atoms. The lowest BCUT2D eigenvalue weighted by molar-refractivity contribution is -0.121. The largest absolute Gasteiger partial charge is 0.497 e. The predicted molar refractivity (Wildman–Crippen MR) is 56.4 cm³/mol. The molecule has 0 aromatic heterocycles. The van der Waals surface area contributed by atoms with Gasteiger partial charge < -0.3 is 9.47 Å². The molecule has 0 radical (unpaired) electrons. The molecule has 0 fully saturated rings. The maximum atomic E-state index is 11.2. The second kappa shape index (κ2) is 3.93. The molecule has 0 N–H and O–H groups in total. The van der Waals surface area contributed by atoms with Gasteiger partial charge >= 0.3 is 0 Å². The van der Waals surface area contributed by atoms with Crippen LogP contribution in [-0.2, 0) is 11.2 Å². The molecule has 1 aromatic rings. The first-order chi connectivity index (χ1) is 7.20. The topological polar surface area (TPSA) is 35.5 Å². The van der Waals surface area contributed by atoms with Gasteiger partial charge in [0, 0.05) is 6.07 Å². The molecule has 0 spiro atoms. The summed E-state index contributed by atoms with van der Waals surface area (Å²) in [5.41, 5.74) is 1.09. The van der Waals surface area contributed by atoms with Gasteiger partial charge in [0.15, 0.2) is 0 Å². The van der Waals surface area contributed by atoms with Gasteiger partial charge in [0.25, 0.3) is 0 Å². The van der Waals surface area contributed by atoms with Crippen molar-refractivity contribution in [3.05, 3.63) is 23.8 Å². The SMILES string of the molecule is COc1ccc2c(c1)OCC(C(C)=O)C2. The van der Waals surface area contributed by atoms with E-state index in [0.29, 0.717) is 6.61 Å². The first-order valence-electron chi connectivity index (χ1n) is 5.01.